The minimum absolute atomic E-state index is 0.238. The number of carbonyl (C=O) groups excluding carboxylic acids is 1. The van der Waals surface area contributed by atoms with Gasteiger partial charge < -0.3 is 14.4 Å². The Hall–Kier alpha value is -1.92. The highest BCUT2D eigenvalue weighted by Gasteiger charge is 2.36. The zero-order valence-corrected chi connectivity index (χ0v) is 13.5. The molecule has 0 saturated carbocycles. The minimum Gasteiger partial charge on any atom is -0.486 e. The van der Waals surface area contributed by atoms with E-state index in [1.165, 1.54) is 11.0 Å². The number of aryl methyl sites for hydroxylation is 1. The number of benzene rings is 1. The largest absolute Gasteiger partial charge is 0.486 e. The first kappa shape index (κ1) is 17.4. The Morgan fingerprint density at radius 2 is 1.83 bits per heavy atom. The van der Waals surface area contributed by atoms with Crippen LogP contribution in [0.2, 0.25) is 0 Å². The van der Waals surface area contributed by atoms with E-state index in [2.05, 4.69) is 0 Å². The topological polar surface area (TPSA) is 38.8 Å². The summed E-state index contributed by atoms with van der Waals surface area (Å²) < 4.78 is 48.7. The van der Waals surface area contributed by atoms with Crippen LogP contribution < -0.4 is 4.74 Å². The normalized spacial score (nSPS) is 16.0. The minimum atomic E-state index is -4.37. The van der Waals surface area contributed by atoms with Gasteiger partial charge in [-0.25, -0.2) is 4.79 Å². The maximum absolute atomic E-state index is 12.6. The van der Waals surface area contributed by atoms with Gasteiger partial charge in [-0.05, 0) is 51.5 Å². The van der Waals surface area contributed by atoms with Crippen LogP contribution in [0, 0.1) is 6.92 Å². The second kappa shape index (κ2) is 5.94. The summed E-state index contributed by atoms with van der Waals surface area (Å²) in [6.07, 6.45) is -5.02. The fourth-order valence-corrected chi connectivity index (χ4v) is 2.13. The Morgan fingerprint density at radius 1 is 1.22 bits per heavy atom. The van der Waals surface area contributed by atoms with Gasteiger partial charge in [0.1, 0.15) is 17.5 Å². The van der Waals surface area contributed by atoms with Crippen molar-refractivity contribution in [3.05, 3.63) is 29.3 Å². The van der Waals surface area contributed by atoms with Gasteiger partial charge in [-0.2, -0.15) is 13.2 Å². The number of ether oxygens (including phenoxy) is 2. The van der Waals surface area contributed by atoms with Crippen molar-refractivity contribution in [1.82, 2.24) is 4.90 Å². The van der Waals surface area contributed by atoms with E-state index in [0.717, 1.165) is 12.1 Å². The van der Waals surface area contributed by atoms with E-state index in [1.54, 1.807) is 27.7 Å². The average molecular weight is 331 g/mol. The molecule has 0 unspecified atom stereocenters. The molecule has 0 radical (unpaired) electrons. The molecule has 0 atom stereocenters. The SMILES string of the molecule is Cc1cc(C(F)(F)F)ccc1OC1CN(C(=O)OC(C)(C)C)C1. The number of likely N-dealkylation sites (tertiary alicyclic amines) is 1. The van der Waals surface area contributed by atoms with Crippen LogP contribution in [0.4, 0.5) is 18.0 Å². The van der Waals surface area contributed by atoms with Gasteiger partial charge >= 0.3 is 12.3 Å². The number of hydrogen-bond acceptors (Lipinski definition) is 3. The van der Waals surface area contributed by atoms with Gasteiger partial charge in [-0.1, -0.05) is 0 Å². The molecule has 0 N–H and O–H groups in total. The predicted octanol–water partition coefficient (Wildman–Crippen LogP) is 4.01. The second-order valence-electron chi connectivity index (χ2n) is 6.60. The van der Waals surface area contributed by atoms with Gasteiger partial charge in [0, 0.05) is 0 Å². The number of nitrogens with zero attached hydrogens (tertiary/aromatic N) is 1. The van der Waals surface area contributed by atoms with Gasteiger partial charge in [0.25, 0.3) is 0 Å². The summed E-state index contributed by atoms with van der Waals surface area (Å²) in [4.78, 5) is 13.3. The summed E-state index contributed by atoms with van der Waals surface area (Å²) in [5, 5.41) is 0. The van der Waals surface area contributed by atoms with Crippen LogP contribution in [-0.4, -0.2) is 35.8 Å². The highest BCUT2D eigenvalue weighted by molar-refractivity contribution is 5.69. The molecule has 1 amide bonds. The van der Waals surface area contributed by atoms with Crippen molar-refractivity contribution >= 4 is 6.09 Å². The molecule has 7 heteroatoms. The Labute approximate surface area is 133 Å². The molecule has 1 aliphatic rings. The molecule has 1 fully saturated rings. The van der Waals surface area contributed by atoms with Crippen molar-refractivity contribution in [2.45, 2.75) is 45.6 Å². The fraction of sp³-hybridized carbons (Fsp3) is 0.562. The number of rotatable bonds is 2. The molecule has 1 aliphatic heterocycles. The van der Waals surface area contributed by atoms with Crippen molar-refractivity contribution in [2.75, 3.05) is 13.1 Å². The summed E-state index contributed by atoms with van der Waals surface area (Å²) in [7, 11) is 0. The lowest BCUT2D eigenvalue weighted by Crippen LogP contribution is -2.57. The Kier molecular flexibility index (Phi) is 4.50. The molecule has 4 nitrogen and oxygen atoms in total. The van der Waals surface area contributed by atoms with Gasteiger partial charge in [0.15, 0.2) is 0 Å². The quantitative estimate of drug-likeness (QED) is 0.822. The van der Waals surface area contributed by atoms with Gasteiger partial charge in [0.2, 0.25) is 0 Å². The van der Waals surface area contributed by atoms with Crippen molar-refractivity contribution in [2.24, 2.45) is 0 Å². The van der Waals surface area contributed by atoms with E-state index in [1.807, 2.05) is 0 Å². The van der Waals surface area contributed by atoms with E-state index >= 15 is 0 Å². The molecule has 0 bridgehead atoms. The maximum Gasteiger partial charge on any atom is 0.416 e. The molecule has 0 aliphatic carbocycles. The van der Waals surface area contributed by atoms with Crippen molar-refractivity contribution < 1.29 is 27.4 Å². The van der Waals surface area contributed by atoms with Gasteiger partial charge in [-0.3, -0.25) is 0 Å². The van der Waals surface area contributed by atoms with Crippen molar-refractivity contribution in [3.63, 3.8) is 0 Å². The van der Waals surface area contributed by atoms with E-state index < -0.39 is 23.4 Å². The van der Waals surface area contributed by atoms with Crippen molar-refractivity contribution in [3.8, 4) is 5.75 Å². The summed E-state index contributed by atoms with van der Waals surface area (Å²) in [6, 6.07) is 3.36. The third-order valence-corrected chi connectivity index (χ3v) is 3.30. The van der Waals surface area contributed by atoms with Crippen LogP contribution in [0.25, 0.3) is 0 Å². The summed E-state index contributed by atoms with van der Waals surface area (Å²) >= 11 is 0. The lowest BCUT2D eigenvalue weighted by atomic mass is 10.1. The van der Waals surface area contributed by atoms with Gasteiger partial charge in [0.05, 0.1) is 18.7 Å². The van der Waals surface area contributed by atoms with E-state index in [4.69, 9.17) is 9.47 Å². The monoisotopic (exact) mass is 331 g/mol. The number of hydrogen-bond donors (Lipinski definition) is 0. The Balaban J connectivity index is 1.90. The third-order valence-electron chi connectivity index (χ3n) is 3.30. The average Bonchev–Trinajstić information content (AvgIpc) is 2.30. The van der Waals surface area contributed by atoms with Crippen LogP contribution >= 0.6 is 0 Å². The zero-order chi connectivity index (χ0) is 17.4. The molecule has 128 valence electrons. The molecule has 23 heavy (non-hydrogen) atoms. The first-order chi connectivity index (χ1) is 10.5. The first-order valence-corrected chi connectivity index (χ1v) is 7.28. The third kappa shape index (κ3) is 4.53. The van der Waals surface area contributed by atoms with E-state index in [0.29, 0.717) is 24.4 Å². The highest BCUT2D eigenvalue weighted by Crippen LogP contribution is 2.33. The summed E-state index contributed by atoms with van der Waals surface area (Å²) in [6.45, 7) is 7.62. The van der Waals surface area contributed by atoms with Crippen LogP contribution in [0.5, 0.6) is 5.75 Å². The molecule has 1 aromatic carbocycles. The Morgan fingerprint density at radius 3 is 2.30 bits per heavy atom. The zero-order valence-electron chi connectivity index (χ0n) is 13.5. The first-order valence-electron chi connectivity index (χ1n) is 7.28. The Bertz CT molecular complexity index is 587. The molecule has 0 aromatic heterocycles. The molecule has 1 aromatic rings. The fourth-order valence-electron chi connectivity index (χ4n) is 2.13. The molecule has 2 rings (SSSR count). The standard InChI is InChI=1S/C16H20F3NO3/c1-10-7-11(16(17,18)19)5-6-13(10)22-12-8-20(9-12)14(21)23-15(2,3)4/h5-7,12H,8-9H2,1-4H3. The lowest BCUT2D eigenvalue weighted by molar-refractivity contribution is -0.137. The van der Waals surface area contributed by atoms with Crippen molar-refractivity contribution in [1.29, 1.82) is 0 Å². The smallest absolute Gasteiger partial charge is 0.416 e. The predicted molar refractivity (Wildman–Crippen MR) is 78.4 cm³/mol. The number of carbonyl (C=O) groups is 1. The second-order valence-corrected chi connectivity index (χ2v) is 6.60. The van der Waals surface area contributed by atoms with Crippen LogP contribution in [-0.2, 0) is 10.9 Å². The molecule has 1 saturated heterocycles. The molecule has 1 heterocycles. The van der Waals surface area contributed by atoms with E-state index in [9.17, 15) is 18.0 Å². The maximum atomic E-state index is 12.6. The molecule has 0 spiro atoms. The number of alkyl halides is 3. The van der Waals surface area contributed by atoms with Crippen LogP contribution in [0.1, 0.15) is 31.9 Å². The summed E-state index contributed by atoms with van der Waals surface area (Å²) in [5.74, 6) is 0.395. The van der Waals surface area contributed by atoms with Gasteiger partial charge in [-0.15, -0.1) is 0 Å². The number of halogens is 3. The van der Waals surface area contributed by atoms with Crippen LogP contribution in [0.15, 0.2) is 18.2 Å². The summed E-state index contributed by atoms with van der Waals surface area (Å²) in [5.41, 5.74) is -0.852. The highest BCUT2D eigenvalue weighted by atomic mass is 19.4. The molecular weight excluding hydrogens is 311 g/mol. The number of amides is 1. The van der Waals surface area contributed by atoms with E-state index in [-0.39, 0.29) is 6.10 Å². The lowest BCUT2D eigenvalue weighted by Gasteiger charge is -2.39. The van der Waals surface area contributed by atoms with Crippen LogP contribution in [0.3, 0.4) is 0 Å². The molecular formula is C16H20F3NO3.